The second kappa shape index (κ2) is 8.18. The third kappa shape index (κ3) is 4.33. The SMILES string of the molecule is CCc1ccc(Oc2ncnc(Oc3ccc(C(=O)OC)cc3)c2N)cc1. The van der Waals surface area contributed by atoms with E-state index in [0.717, 1.165) is 6.42 Å². The van der Waals surface area contributed by atoms with Crippen LogP contribution in [0.4, 0.5) is 5.69 Å². The molecule has 7 heteroatoms. The Morgan fingerprint density at radius 3 is 1.93 bits per heavy atom. The van der Waals surface area contributed by atoms with Crippen LogP contribution >= 0.6 is 0 Å². The molecule has 0 amide bonds. The minimum absolute atomic E-state index is 0.163. The first-order valence-electron chi connectivity index (χ1n) is 8.34. The molecule has 0 atom stereocenters. The maximum atomic E-state index is 11.5. The van der Waals surface area contributed by atoms with E-state index in [-0.39, 0.29) is 17.4 Å². The van der Waals surface area contributed by atoms with Crippen LogP contribution in [-0.4, -0.2) is 23.0 Å². The van der Waals surface area contributed by atoms with Gasteiger partial charge in [-0.15, -0.1) is 0 Å². The first-order valence-corrected chi connectivity index (χ1v) is 8.34. The Hall–Kier alpha value is -3.61. The van der Waals surface area contributed by atoms with E-state index in [1.165, 1.54) is 19.0 Å². The van der Waals surface area contributed by atoms with Crippen LogP contribution in [0, 0.1) is 0 Å². The molecule has 0 unspecified atom stereocenters. The van der Waals surface area contributed by atoms with Crippen LogP contribution in [0.15, 0.2) is 54.9 Å². The van der Waals surface area contributed by atoms with Gasteiger partial charge in [0.05, 0.1) is 12.7 Å². The third-order valence-electron chi connectivity index (χ3n) is 3.85. The van der Waals surface area contributed by atoms with Gasteiger partial charge in [0, 0.05) is 0 Å². The summed E-state index contributed by atoms with van der Waals surface area (Å²) in [6.07, 6.45) is 2.26. The Bertz CT molecular complexity index is 925. The van der Waals surface area contributed by atoms with Gasteiger partial charge in [-0.1, -0.05) is 19.1 Å². The highest BCUT2D eigenvalue weighted by Gasteiger charge is 2.13. The van der Waals surface area contributed by atoms with Gasteiger partial charge >= 0.3 is 5.97 Å². The van der Waals surface area contributed by atoms with Crippen molar-refractivity contribution in [1.82, 2.24) is 9.97 Å². The van der Waals surface area contributed by atoms with Gasteiger partial charge in [-0.2, -0.15) is 9.97 Å². The monoisotopic (exact) mass is 365 g/mol. The largest absolute Gasteiger partial charge is 0.465 e. The number of methoxy groups -OCH3 is 1. The van der Waals surface area contributed by atoms with Crippen molar-refractivity contribution in [3.63, 3.8) is 0 Å². The molecule has 0 aliphatic heterocycles. The number of esters is 1. The standard InChI is InChI=1S/C20H19N3O4/c1-3-13-4-8-15(9-5-13)26-18-17(21)19(23-12-22-18)27-16-10-6-14(7-11-16)20(24)25-2/h4-12H,3,21H2,1-2H3. The first kappa shape index (κ1) is 18.2. The van der Waals surface area contributed by atoms with Gasteiger partial charge in [0.25, 0.3) is 0 Å². The van der Waals surface area contributed by atoms with Gasteiger partial charge in [0.2, 0.25) is 11.8 Å². The molecule has 1 heterocycles. The highest BCUT2D eigenvalue weighted by molar-refractivity contribution is 5.89. The number of ether oxygens (including phenoxy) is 3. The summed E-state index contributed by atoms with van der Waals surface area (Å²) in [6.45, 7) is 2.08. The Labute approximate surface area is 156 Å². The van der Waals surface area contributed by atoms with Crippen molar-refractivity contribution in [2.45, 2.75) is 13.3 Å². The molecule has 0 spiro atoms. The number of aryl methyl sites for hydroxylation is 1. The second-order valence-corrected chi connectivity index (χ2v) is 5.62. The molecule has 0 radical (unpaired) electrons. The van der Waals surface area contributed by atoms with Gasteiger partial charge in [-0.3, -0.25) is 0 Å². The average molecular weight is 365 g/mol. The molecule has 0 aliphatic rings. The summed E-state index contributed by atoms with van der Waals surface area (Å²) < 4.78 is 16.1. The molecule has 2 aromatic carbocycles. The van der Waals surface area contributed by atoms with E-state index in [0.29, 0.717) is 17.1 Å². The zero-order chi connectivity index (χ0) is 19.2. The third-order valence-corrected chi connectivity index (χ3v) is 3.85. The van der Waals surface area contributed by atoms with E-state index in [9.17, 15) is 4.79 Å². The van der Waals surface area contributed by atoms with Crippen molar-refractivity contribution >= 4 is 11.7 Å². The summed E-state index contributed by atoms with van der Waals surface area (Å²) in [7, 11) is 1.33. The number of benzene rings is 2. The maximum Gasteiger partial charge on any atom is 0.337 e. The van der Waals surface area contributed by atoms with Crippen molar-refractivity contribution in [2.75, 3.05) is 12.8 Å². The second-order valence-electron chi connectivity index (χ2n) is 5.62. The number of nitrogen functional groups attached to an aromatic ring is 1. The van der Waals surface area contributed by atoms with Crippen LogP contribution in [0.25, 0.3) is 0 Å². The number of hydrogen-bond acceptors (Lipinski definition) is 7. The molecule has 0 fully saturated rings. The Morgan fingerprint density at radius 1 is 0.926 bits per heavy atom. The lowest BCUT2D eigenvalue weighted by molar-refractivity contribution is 0.0600. The molecule has 1 aromatic heterocycles. The maximum absolute atomic E-state index is 11.5. The van der Waals surface area contributed by atoms with E-state index in [4.69, 9.17) is 15.2 Å². The molecule has 27 heavy (non-hydrogen) atoms. The van der Waals surface area contributed by atoms with Crippen LogP contribution in [0.2, 0.25) is 0 Å². The van der Waals surface area contributed by atoms with E-state index in [2.05, 4.69) is 21.6 Å². The van der Waals surface area contributed by atoms with Gasteiger partial charge in [-0.25, -0.2) is 4.79 Å². The van der Waals surface area contributed by atoms with E-state index >= 15 is 0 Å². The van der Waals surface area contributed by atoms with Crippen LogP contribution in [0.3, 0.4) is 0 Å². The molecule has 0 bridgehead atoms. The fourth-order valence-electron chi connectivity index (χ4n) is 2.32. The van der Waals surface area contributed by atoms with E-state index in [1.807, 2.05) is 24.3 Å². The Morgan fingerprint density at radius 2 is 1.44 bits per heavy atom. The van der Waals surface area contributed by atoms with Gasteiger partial charge in [0.15, 0.2) is 5.69 Å². The summed E-state index contributed by atoms with van der Waals surface area (Å²) in [5.74, 6) is 1.02. The molecule has 0 aliphatic carbocycles. The summed E-state index contributed by atoms with van der Waals surface area (Å²) >= 11 is 0. The average Bonchev–Trinajstić information content (AvgIpc) is 2.71. The quantitative estimate of drug-likeness (QED) is 0.660. The predicted octanol–water partition coefficient (Wildman–Crippen LogP) is 3.99. The van der Waals surface area contributed by atoms with Gasteiger partial charge in [-0.05, 0) is 48.4 Å². The Kier molecular flexibility index (Phi) is 5.51. The van der Waals surface area contributed by atoms with Gasteiger partial charge in [0.1, 0.15) is 17.8 Å². The smallest absolute Gasteiger partial charge is 0.337 e. The van der Waals surface area contributed by atoms with Crippen molar-refractivity contribution in [1.29, 1.82) is 0 Å². The fourth-order valence-corrected chi connectivity index (χ4v) is 2.32. The molecule has 3 rings (SSSR count). The van der Waals surface area contributed by atoms with Crippen molar-refractivity contribution < 1.29 is 19.0 Å². The highest BCUT2D eigenvalue weighted by atomic mass is 16.5. The highest BCUT2D eigenvalue weighted by Crippen LogP contribution is 2.33. The first-order chi connectivity index (χ1) is 13.1. The molecule has 0 saturated carbocycles. The minimum Gasteiger partial charge on any atom is -0.465 e. The number of hydrogen-bond donors (Lipinski definition) is 1. The molecule has 3 aromatic rings. The summed E-state index contributed by atoms with van der Waals surface area (Å²) in [4.78, 5) is 19.6. The number of anilines is 1. The van der Waals surface area contributed by atoms with Crippen molar-refractivity contribution in [2.24, 2.45) is 0 Å². The number of carbonyl (C=O) groups excluding carboxylic acids is 1. The number of nitrogens with zero attached hydrogens (tertiary/aromatic N) is 2. The van der Waals surface area contributed by atoms with Gasteiger partial charge < -0.3 is 19.9 Å². The normalized spacial score (nSPS) is 10.3. The summed E-state index contributed by atoms with van der Waals surface area (Å²) in [5.41, 5.74) is 7.88. The summed E-state index contributed by atoms with van der Waals surface area (Å²) in [5, 5.41) is 0. The number of nitrogens with two attached hydrogens (primary N) is 1. The Balaban J connectivity index is 1.77. The van der Waals surface area contributed by atoms with E-state index < -0.39 is 5.97 Å². The van der Waals surface area contributed by atoms with Crippen LogP contribution in [0.1, 0.15) is 22.8 Å². The summed E-state index contributed by atoms with van der Waals surface area (Å²) in [6, 6.07) is 14.1. The lowest BCUT2D eigenvalue weighted by atomic mass is 10.2. The predicted molar refractivity (Wildman–Crippen MR) is 100 cm³/mol. The molecular formula is C20H19N3O4. The van der Waals surface area contributed by atoms with Crippen LogP contribution in [-0.2, 0) is 11.2 Å². The lowest BCUT2D eigenvalue weighted by Crippen LogP contribution is -2.02. The topological polar surface area (TPSA) is 96.6 Å². The van der Waals surface area contributed by atoms with E-state index in [1.54, 1.807) is 24.3 Å². The number of aromatic nitrogens is 2. The van der Waals surface area contributed by atoms with Crippen LogP contribution in [0.5, 0.6) is 23.3 Å². The molecule has 0 saturated heterocycles. The lowest BCUT2D eigenvalue weighted by Gasteiger charge is -2.11. The zero-order valence-corrected chi connectivity index (χ0v) is 15.0. The molecular weight excluding hydrogens is 346 g/mol. The molecule has 7 nitrogen and oxygen atoms in total. The van der Waals surface area contributed by atoms with Crippen LogP contribution < -0.4 is 15.2 Å². The zero-order valence-electron chi connectivity index (χ0n) is 15.0. The number of rotatable bonds is 6. The molecule has 2 N–H and O–H groups in total. The number of carbonyl (C=O) groups is 1. The minimum atomic E-state index is -0.423. The fraction of sp³-hybridized carbons (Fsp3) is 0.150. The molecule has 138 valence electrons. The van der Waals surface area contributed by atoms with Crippen molar-refractivity contribution in [3.05, 3.63) is 66.0 Å². The van der Waals surface area contributed by atoms with Crippen molar-refractivity contribution in [3.8, 4) is 23.3 Å².